The molecule has 0 saturated carbocycles. The van der Waals surface area contributed by atoms with Crippen LogP contribution in [0.25, 0.3) is 0 Å². The number of hydrogen-bond acceptors (Lipinski definition) is 4. The number of carbonyl (C=O) groups is 2. The van der Waals surface area contributed by atoms with Crippen LogP contribution in [0.5, 0.6) is 0 Å². The quantitative estimate of drug-likeness (QED) is 0.666. The Hall–Kier alpha value is -2.94. The fourth-order valence-electron chi connectivity index (χ4n) is 2.85. The molecule has 0 radical (unpaired) electrons. The van der Waals surface area contributed by atoms with Gasteiger partial charge in [-0.3, -0.25) is 13.9 Å². The van der Waals surface area contributed by atoms with Crippen LogP contribution in [0.2, 0.25) is 0 Å². The number of amides is 2. The molecule has 9 heteroatoms. The van der Waals surface area contributed by atoms with E-state index in [-0.39, 0.29) is 28.9 Å². The molecule has 0 aromatic heterocycles. The molecule has 2 rings (SSSR count). The third-order valence-electron chi connectivity index (χ3n) is 4.57. The van der Waals surface area contributed by atoms with E-state index in [1.54, 1.807) is 24.3 Å². The Morgan fingerprint density at radius 2 is 1.77 bits per heavy atom. The van der Waals surface area contributed by atoms with E-state index in [9.17, 15) is 22.4 Å². The first kappa shape index (κ1) is 23.3. The van der Waals surface area contributed by atoms with E-state index in [2.05, 4.69) is 10.6 Å². The number of sulfonamides is 1. The van der Waals surface area contributed by atoms with Gasteiger partial charge in [-0.15, -0.1) is 0 Å². The van der Waals surface area contributed by atoms with Gasteiger partial charge in [0.1, 0.15) is 11.9 Å². The van der Waals surface area contributed by atoms with Crippen molar-refractivity contribution >= 4 is 33.2 Å². The molecular formula is C21H26FN3O4S. The number of nitrogens with zero attached hydrogens (tertiary/aromatic N) is 1. The highest BCUT2D eigenvalue weighted by Gasteiger charge is 2.30. The van der Waals surface area contributed by atoms with Gasteiger partial charge in [-0.05, 0) is 50.6 Å². The van der Waals surface area contributed by atoms with Gasteiger partial charge in [-0.25, -0.2) is 12.8 Å². The molecule has 30 heavy (non-hydrogen) atoms. The van der Waals surface area contributed by atoms with Crippen molar-refractivity contribution in [3.05, 3.63) is 59.9 Å². The predicted octanol–water partition coefficient (Wildman–Crippen LogP) is 3.15. The lowest BCUT2D eigenvalue weighted by molar-refractivity contribution is -0.116. The number of rotatable bonds is 8. The molecule has 2 atom stereocenters. The van der Waals surface area contributed by atoms with Crippen molar-refractivity contribution in [3.8, 4) is 0 Å². The topological polar surface area (TPSA) is 95.6 Å². The summed E-state index contributed by atoms with van der Waals surface area (Å²) in [4.78, 5) is 25.4. The number of anilines is 2. The Morgan fingerprint density at radius 1 is 1.10 bits per heavy atom. The summed E-state index contributed by atoms with van der Waals surface area (Å²) < 4.78 is 39.1. The molecule has 0 spiro atoms. The van der Waals surface area contributed by atoms with Gasteiger partial charge in [0.2, 0.25) is 15.9 Å². The Kier molecular flexibility index (Phi) is 7.55. The van der Waals surface area contributed by atoms with Gasteiger partial charge in [0.25, 0.3) is 5.91 Å². The molecule has 0 bridgehead atoms. The molecule has 0 heterocycles. The molecule has 2 aromatic carbocycles. The molecule has 0 saturated heterocycles. The third kappa shape index (κ3) is 5.79. The lowest BCUT2D eigenvalue weighted by Gasteiger charge is -2.28. The smallest absolute Gasteiger partial charge is 0.253 e. The summed E-state index contributed by atoms with van der Waals surface area (Å²) in [5, 5.41) is 5.45. The first-order chi connectivity index (χ1) is 14.0. The highest BCUT2D eigenvalue weighted by molar-refractivity contribution is 7.92. The van der Waals surface area contributed by atoms with Crippen molar-refractivity contribution in [1.82, 2.24) is 5.32 Å². The van der Waals surface area contributed by atoms with Crippen LogP contribution in [0.4, 0.5) is 15.8 Å². The maximum absolute atomic E-state index is 13.6. The maximum Gasteiger partial charge on any atom is 0.253 e. The second kappa shape index (κ2) is 9.71. The second-order valence-electron chi connectivity index (χ2n) is 7.03. The summed E-state index contributed by atoms with van der Waals surface area (Å²) in [5.74, 6) is -1.63. The van der Waals surface area contributed by atoms with Crippen molar-refractivity contribution < 1.29 is 22.4 Å². The molecular weight excluding hydrogens is 409 g/mol. The maximum atomic E-state index is 13.6. The number of para-hydroxylation sites is 1. The minimum absolute atomic E-state index is 0.0305. The number of halogens is 1. The zero-order valence-corrected chi connectivity index (χ0v) is 18.2. The monoisotopic (exact) mass is 435 g/mol. The molecule has 0 aliphatic rings. The van der Waals surface area contributed by atoms with Gasteiger partial charge in [-0.2, -0.15) is 0 Å². The molecule has 0 aliphatic heterocycles. The first-order valence-electron chi connectivity index (χ1n) is 9.50. The summed E-state index contributed by atoms with van der Waals surface area (Å²) in [6, 6.07) is 10.2. The van der Waals surface area contributed by atoms with Gasteiger partial charge in [0, 0.05) is 6.04 Å². The van der Waals surface area contributed by atoms with Crippen LogP contribution < -0.4 is 14.9 Å². The number of benzene rings is 2. The van der Waals surface area contributed by atoms with Gasteiger partial charge < -0.3 is 10.6 Å². The molecule has 2 unspecified atom stereocenters. The molecule has 2 amide bonds. The lowest BCUT2D eigenvalue weighted by Crippen LogP contribution is -2.45. The van der Waals surface area contributed by atoms with Crippen LogP contribution in [0.1, 0.15) is 37.6 Å². The predicted molar refractivity (Wildman–Crippen MR) is 115 cm³/mol. The summed E-state index contributed by atoms with van der Waals surface area (Å²) >= 11 is 0. The fourth-order valence-corrected chi connectivity index (χ4v) is 4.02. The van der Waals surface area contributed by atoms with Gasteiger partial charge in [0.15, 0.2) is 0 Å². The highest BCUT2D eigenvalue weighted by Crippen LogP contribution is 2.23. The molecule has 0 fully saturated rings. The van der Waals surface area contributed by atoms with Crippen LogP contribution in [-0.4, -0.2) is 38.6 Å². The highest BCUT2D eigenvalue weighted by atomic mass is 32.2. The minimum Gasteiger partial charge on any atom is -0.350 e. The summed E-state index contributed by atoms with van der Waals surface area (Å²) in [5.41, 5.74) is 0.542. The molecule has 7 nitrogen and oxygen atoms in total. The zero-order chi connectivity index (χ0) is 22.5. The SMILES string of the molecule is CCC(C)NC(=O)c1ccccc1NC(=O)C(C)N(c1cccc(F)c1)S(C)(=O)=O. The third-order valence-corrected chi connectivity index (χ3v) is 5.81. The summed E-state index contributed by atoms with van der Waals surface area (Å²) in [6.07, 6.45) is 1.68. The average molecular weight is 436 g/mol. The lowest BCUT2D eigenvalue weighted by atomic mass is 10.1. The van der Waals surface area contributed by atoms with Crippen molar-refractivity contribution in [2.24, 2.45) is 0 Å². The number of hydrogen-bond donors (Lipinski definition) is 2. The fraction of sp³-hybridized carbons (Fsp3) is 0.333. The van der Waals surface area contributed by atoms with E-state index in [4.69, 9.17) is 0 Å². The van der Waals surface area contributed by atoms with Crippen LogP contribution >= 0.6 is 0 Å². The van der Waals surface area contributed by atoms with Crippen LogP contribution in [0, 0.1) is 5.82 Å². The standard InChI is InChI=1S/C21H26FN3O4S/c1-5-14(2)23-21(27)18-11-6-7-12-19(18)24-20(26)15(3)25(30(4,28)29)17-10-8-9-16(22)13-17/h6-15H,5H2,1-4H3,(H,23,27)(H,24,26). The van der Waals surface area contributed by atoms with Crippen molar-refractivity contribution in [3.63, 3.8) is 0 Å². The Labute approximate surface area is 176 Å². The first-order valence-corrected chi connectivity index (χ1v) is 11.3. The van der Waals surface area contributed by atoms with E-state index in [1.165, 1.54) is 25.1 Å². The van der Waals surface area contributed by atoms with Crippen molar-refractivity contribution in [2.75, 3.05) is 15.9 Å². The Bertz CT molecular complexity index is 1030. The second-order valence-corrected chi connectivity index (χ2v) is 8.89. The van der Waals surface area contributed by atoms with Crippen LogP contribution in [0.3, 0.4) is 0 Å². The van der Waals surface area contributed by atoms with Crippen molar-refractivity contribution in [2.45, 2.75) is 39.3 Å². The van der Waals surface area contributed by atoms with E-state index < -0.39 is 27.8 Å². The molecule has 2 N–H and O–H groups in total. The Morgan fingerprint density at radius 3 is 2.37 bits per heavy atom. The summed E-state index contributed by atoms with van der Waals surface area (Å²) in [6.45, 7) is 5.19. The Balaban J connectivity index is 2.31. The van der Waals surface area contributed by atoms with Crippen LogP contribution in [-0.2, 0) is 14.8 Å². The average Bonchev–Trinajstić information content (AvgIpc) is 2.67. The minimum atomic E-state index is -3.89. The van der Waals surface area contributed by atoms with Crippen LogP contribution in [0.15, 0.2) is 48.5 Å². The summed E-state index contributed by atoms with van der Waals surface area (Å²) in [7, 11) is -3.89. The van der Waals surface area contributed by atoms with Gasteiger partial charge in [-0.1, -0.05) is 25.1 Å². The van der Waals surface area contributed by atoms with E-state index in [0.29, 0.717) is 0 Å². The molecule has 0 aliphatic carbocycles. The van der Waals surface area contributed by atoms with Crippen molar-refractivity contribution in [1.29, 1.82) is 0 Å². The van der Waals surface area contributed by atoms with E-state index >= 15 is 0 Å². The zero-order valence-electron chi connectivity index (χ0n) is 17.3. The number of carbonyl (C=O) groups excluding carboxylic acids is 2. The van der Waals surface area contributed by atoms with Gasteiger partial charge in [0.05, 0.1) is 23.2 Å². The van der Waals surface area contributed by atoms with Gasteiger partial charge >= 0.3 is 0 Å². The van der Waals surface area contributed by atoms with E-state index in [0.717, 1.165) is 23.0 Å². The van der Waals surface area contributed by atoms with E-state index in [1.807, 2.05) is 13.8 Å². The normalized spacial score (nSPS) is 13.2. The number of nitrogens with one attached hydrogen (secondary N) is 2. The molecule has 2 aromatic rings. The molecule has 162 valence electrons. The largest absolute Gasteiger partial charge is 0.350 e.